The number of anilines is 2. The molecule has 3 aromatic carbocycles. The minimum absolute atomic E-state index is 0.0826. The Balaban J connectivity index is 1.29. The van der Waals surface area contributed by atoms with Gasteiger partial charge in [0.1, 0.15) is 17.3 Å². The summed E-state index contributed by atoms with van der Waals surface area (Å²) < 4.78 is 89.7. The van der Waals surface area contributed by atoms with Gasteiger partial charge in [-0.05, 0) is 59.5 Å². The van der Waals surface area contributed by atoms with E-state index in [0.717, 1.165) is 17.4 Å². The number of amides is 1. The second-order valence-corrected chi connectivity index (χ2v) is 17.5. The predicted octanol–water partition coefficient (Wildman–Crippen LogP) is 7.55. The first-order chi connectivity index (χ1) is 28.4. The Morgan fingerprint density at radius 3 is 2.12 bits per heavy atom. The van der Waals surface area contributed by atoms with Crippen molar-refractivity contribution in [2.24, 2.45) is 0 Å². The van der Waals surface area contributed by atoms with Crippen LogP contribution in [0.25, 0.3) is 0 Å². The Morgan fingerprint density at radius 2 is 1.57 bits per heavy atom. The van der Waals surface area contributed by atoms with Crippen LogP contribution < -0.4 is 19.3 Å². The quantitative estimate of drug-likeness (QED) is 0.122. The smallest absolute Gasteiger partial charge is 0.418 e. The molecule has 60 heavy (non-hydrogen) atoms. The molecule has 0 radical (unpaired) electrons. The molecule has 0 saturated heterocycles. The standard InChI is InChI=1S/C41H42Cl2F3N7O6S/c1-50(2)39(54)37-36(43)33-22-51(15-6-16-53(33)49-37)38-30-23-59-34(19-32(30)47-40(48-38)60(5,55)56)29-17-26(18-31(42)35(29)41(44,45)46)52(20-24-7-11-27(57-3)12-8-24)21-25-9-13-28(58-4)14-10-25/h7-14,17-18,34H,6,15-16,19-23H2,1-5H3. The van der Waals surface area contributed by atoms with Gasteiger partial charge in [-0.2, -0.15) is 18.3 Å². The van der Waals surface area contributed by atoms with Crippen molar-refractivity contribution in [3.05, 3.63) is 116 Å². The van der Waals surface area contributed by atoms with Crippen molar-refractivity contribution in [2.45, 2.75) is 63.1 Å². The Labute approximate surface area is 355 Å². The van der Waals surface area contributed by atoms with Crippen LogP contribution in [0.4, 0.5) is 24.7 Å². The minimum atomic E-state index is -4.87. The van der Waals surface area contributed by atoms with Gasteiger partial charge in [0.25, 0.3) is 5.91 Å². The second kappa shape index (κ2) is 17.1. The molecule has 1 atom stereocenters. The van der Waals surface area contributed by atoms with E-state index in [2.05, 4.69) is 15.1 Å². The molecule has 2 aliphatic rings. The summed E-state index contributed by atoms with van der Waals surface area (Å²) in [6.07, 6.45) is -4.83. The Kier molecular flexibility index (Phi) is 12.3. The third kappa shape index (κ3) is 8.99. The van der Waals surface area contributed by atoms with Gasteiger partial charge in [0.05, 0.1) is 60.5 Å². The fourth-order valence-corrected chi connectivity index (χ4v) is 8.49. The maximum absolute atomic E-state index is 15.0. The van der Waals surface area contributed by atoms with Gasteiger partial charge in [-0.3, -0.25) is 9.48 Å². The topological polar surface area (TPSA) is 132 Å². The minimum Gasteiger partial charge on any atom is -0.497 e. The van der Waals surface area contributed by atoms with Gasteiger partial charge >= 0.3 is 6.18 Å². The number of alkyl halides is 3. The Morgan fingerprint density at radius 1 is 0.950 bits per heavy atom. The van der Waals surface area contributed by atoms with Crippen molar-refractivity contribution in [2.75, 3.05) is 50.9 Å². The van der Waals surface area contributed by atoms with E-state index in [4.69, 9.17) is 37.4 Å². The van der Waals surface area contributed by atoms with Crippen LogP contribution in [0.3, 0.4) is 0 Å². The number of sulfone groups is 1. The highest BCUT2D eigenvalue weighted by Gasteiger charge is 2.41. The maximum atomic E-state index is 15.0. The van der Waals surface area contributed by atoms with E-state index in [1.165, 1.54) is 17.0 Å². The first-order valence-corrected chi connectivity index (χ1v) is 21.4. The van der Waals surface area contributed by atoms with Gasteiger partial charge < -0.3 is 28.9 Å². The number of rotatable bonds is 11. The largest absolute Gasteiger partial charge is 0.497 e. The highest BCUT2D eigenvalue weighted by molar-refractivity contribution is 7.90. The number of halogens is 5. The summed E-state index contributed by atoms with van der Waals surface area (Å²) in [5.74, 6) is 1.16. The number of nitrogens with zero attached hydrogens (tertiary/aromatic N) is 7. The molecule has 1 amide bonds. The molecule has 318 valence electrons. The van der Waals surface area contributed by atoms with Crippen LogP contribution in [0.5, 0.6) is 11.5 Å². The summed E-state index contributed by atoms with van der Waals surface area (Å²) in [5.41, 5.74) is 2.07. The number of methoxy groups -OCH3 is 2. The lowest BCUT2D eigenvalue weighted by atomic mass is 9.94. The average Bonchev–Trinajstić information content (AvgIpc) is 3.36. The normalized spacial score (nSPS) is 15.5. The first-order valence-electron chi connectivity index (χ1n) is 18.8. The molecule has 0 N–H and O–H groups in total. The number of hydrogen-bond donors (Lipinski definition) is 0. The van der Waals surface area contributed by atoms with Gasteiger partial charge in [-0.15, -0.1) is 0 Å². The molecule has 0 spiro atoms. The number of benzene rings is 3. The fourth-order valence-electron chi connectivity index (χ4n) is 7.36. The number of carbonyl (C=O) groups is 1. The molecular formula is C41H42Cl2F3N7O6S. The van der Waals surface area contributed by atoms with Crippen LogP contribution >= 0.6 is 23.2 Å². The Bertz CT molecular complexity index is 2470. The monoisotopic (exact) mass is 887 g/mol. The molecule has 4 heterocycles. The summed E-state index contributed by atoms with van der Waals surface area (Å²) in [7, 11) is 2.29. The molecular weight excluding hydrogens is 846 g/mol. The van der Waals surface area contributed by atoms with Gasteiger partial charge in [-0.1, -0.05) is 47.5 Å². The summed E-state index contributed by atoms with van der Waals surface area (Å²) in [4.78, 5) is 26.8. The third-order valence-corrected chi connectivity index (χ3v) is 11.9. The van der Waals surface area contributed by atoms with Crippen molar-refractivity contribution in [3.63, 3.8) is 0 Å². The molecule has 0 aliphatic carbocycles. The second-order valence-electron chi connectivity index (χ2n) is 14.8. The number of aromatic nitrogens is 4. The maximum Gasteiger partial charge on any atom is 0.418 e. The zero-order chi connectivity index (χ0) is 43.1. The van der Waals surface area contributed by atoms with E-state index in [-0.39, 0.29) is 53.3 Å². The third-order valence-electron chi connectivity index (χ3n) is 10.4. The van der Waals surface area contributed by atoms with Gasteiger partial charge in [-0.25, -0.2) is 18.4 Å². The van der Waals surface area contributed by atoms with E-state index in [0.29, 0.717) is 61.0 Å². The van der Waals surface area contributed by atoms with Crippen LogP contribution in [0.1, 0.15) is 62.2 Å². The van der Waals surface area contributed by atoms with Crippen molar-refractivity contribution in [1.29, 1.82) is 0 Å². The molecule has 19 heteroatoms. The lowest BCUT2D eigenvalue weighted by Gasteiger charge is -2.33. The van der Waals surface area contributed by atoms with Crippen LogP contribution in [-0.4, -0.2) is 80.1 Å². The summed E-state index contributed by atoms with van der Waals surface area (Å²) >= 11 is 13.3. The van der Waals surface area contributed by atoms with Gasteiger partial charge in [0.2, 0.25) is 15.0 Å². The molecule has 0 bridgehead atoms. The highest BCUT2D eigenvalue weighted by atomic mass is 35.5. The van der Waals surface area contributed by atoms with Crippen molar-refractivity contribution in [1.82, 2.24) is 24.6 Å². The summed E-state index contributed by atoms with van der Waals surface area (Å²) in [5, 5.41) is 3.61. The molecule has 7 rings (SSSR count). The molecule has 13 nitrogen and oxygen atoms in total. The zero-order valence-corrected chi connectivity index (χ0v) is 35.7. The SMILES string of the molecule is COc1ccc(CN(Cc2ccc(OC)cc2)c2cc(Cl)c(C(F)(F)F)c(C3Cc4nc(S(C)(=O)=O)nc(N5CCCn6nc(C(=O)N(C)C)c(Cl)c6C5)c4CO3)c2)cc1. The van der Waals surface area contributed by atoms with E-state index < -0.39 is 37.9 Å². The predicted molar refractivity (Wildman–Crippen MR) is 220 cm³/mol. The van der Waals surface area contributed by atoms with Crippen LogP contribution in [0, 0.1) is 0 Å². The summed E-state index contributed by atoms with van der Waals surface area (Å²) in [6, 6.07) is 17.4. The van der Waals surface area contributed by atoms with Crippen LogP contribution in [0.2, 0.25) is 10.0 Å². The number of fused-ring (bicyclic) bond motifs is 2. The molecule has 0 fully saturated rings. The number of aryl methyl sites for hydroxylation is 1. The van der Waals surface area contributed by atoms with Crippen LogP contribution in [-0.2, 0) is 60.0 Å². The fraction of sp³-hybridized carbons (Fsp3) is 0.366. The van der Waals surface area contributed by atoms with Crippen LogP contribution in [0.15, 0.2) is 65.8 Å². The molecule has 2 aromatic heterocycles. The van der Waals surface area contributed by atoms with Gasteiger partial charge in [0, 0.05) is 64.2 Å². The molecule has 0 saturated carbocycles. The first kappa shape index (κ1) is 43.0. The number of hydrogen-bond acceptors (Lipinski definition) is 11. The lowest BCUT2D eigenvalue weighted by molar-refractivity contribution is -0.139. The van der Waals surface area contributed by atoms with Gasteiger partial charge in [0.15, 0.2) is 5.69 Å². The van der Waals surface area contributed by atoms with E-state index >= 15 is 13.2 Å². The average molecular weight is 889 g/mol. The molecule has 1 unspecified atom stereocenters. The Hall–Kier alpha value is -5.10. The zero-order valence-electron chi connectivity index (χ0n) is 33.4. The van der Waals surface area contributed by atoms with E-state index in [1.807, 2.05) is 34.1 Å². The van der Waals surface area contributed by atoms with Crippen molar-refractivity contribution >= 4 is 50.5 Å². The lowest BCUT2D eigenvalue weighted by Crippen LogP contribution is -2.30. The van der Waals surface area contributed by atoms with E-state index in [1.54, 1.807) is 57.3 Å². The van der Waals surface area contributed by atoms with Crippen molar-refractivity contribution < 1.29 is 40.6 Å². The number of carbonyl (C=O) groups excluding carboxylic acids is 1. The summed E-state index contributed by atoms with van der Waals surface area (Å²) in [6.45, 7) is 1.26. The van der Waals surface area contributed by atoms with E-state index in [9.17, 15) is 13.2 Å². The number of ether oxygens (including phenoxy) is 3. The van der Waals surface area contributed by atoms with Crippen molar-refractivity contribution in [3.8, 4) is 11.5 Å². The highest BCUT2D eigenvalue weighted by Crippen LogP contribution is 2.46. The molecule has 2 aliphatic heterocycles. The molecule has 5 aromatic rings.